The lowest BCUT2D eigenvalue weighted by Gasteiger charge is -2.17. The topological polar surface area (TPSA) is 69.6 Å². The van der Waals surface area contributed by atoms with Crippen LogP contribution >= 0.6 is 0 Å². The van der Waals surface area contributed by atoms with Gasteiger partial charge in [-0.2, -0.15) is 9.78 Å². The zero-order valence-corrected chi connectivity index (χ0v) is 10.8. The molecule has 2 aromatic rings. The van der Waals surface area contributed by atoms with Crippen LogP contribution in [0.3, 0.4) is 0 Å². The number of nitrogen functional groups attached to an aromatic ring is 1. The molecule has 1 aliphatic rings. The molecular weight excluding hydrogens is 226 g/mol. The molecule has 0 bridgehead atoms. The lowest BCUT2D eigenvalue weighted by Crippen LogP contribution is -2.14. The second kappa shape index (κ2) is 4.08. The Labute approximate surface area is 106 Å². The molecule has 0 atom stereocenters. The van der Waals surface area contributed by atoms with Crippen LogP contribution in [0.4, 0.5) is 5.82 Å². The Morgan fingerprint density at radius 1 is 1.17 bits per heavy atom. The summed E-state index contributed by atoms with van der Waals surface area (Å²) in [5.74, 6) is 1.18. The summed E-state index contributed by atoms with van der Waals surface area (Å²) in [6.07, 6.45) is 4.57. The maximum Gasteiger partial charge on any atom is 0.252 e. The Kier molecular flexibility index (Phi) is 2.54. The van der Waals surface area contributed by atoms with E-state index in [1.54, 1.807) is 4.68 Å². The molecule has 0 spiro atoms. The fourth-order valence-corrected chi connectivity index (χ4v) is 2.54. The summed E-state index contributed by atoms with van der Waals surface area (Å²) in [6.45, 7) is 3.96. The van der Waals surface area contributed by atoms with Gasteiger partial charge in [0.15, 0.2) is 0 Å². The zero-order valence-electron chi connectivity index (χ0n) is 10.8. The third kappa shape index (κ3) is 1.75. The molecule has 2 aromatic heterocycles. The van der Waals surface area contributed by atoms with Gasteiger partial charge in [-0.1, -0.05) is 0 Å². The van der Waals surface area contributed by atoms with Crippen molar-refractivity contribution in [3.05, 3.63) is 28.7 Å². The maximum atomic E-state index is 5.92. The van der Waals surface area contributed by atoms with E-state index in [0.29, 0.717) is 11.8 Å². The molecule has 94 valence electrons. The quantitative estimate of drug-likeness (QED) is 0.828. The third-order valence-corrected chi connectivity index (χ3v) is 3.43. The number of aromatic nitrogens is 4. The minimum Gasteiger partial charge on any atom is -0.383 e. The zero-order chi connectivity index (χ0) is 12.7. The van der Waals surface area contributed by atoms with Gasteiger partial charge in [-0.15, -0.1) is 0 Å². The van der Waals surface area contributed by atoms with Crippen LogP contribution in [0.15, 0.2) is 6.07 Å². The molecule has 3 rings (SSSR count). The first-order chi connectivity index (χ1) is 8.65. The summed E-state index contributed by atoms with van der Waals surface area (Å²) in [5.41, 5.74) is 10.3. The van der Waals surface area contributed by atoms with Crippen molar-refractivity contribution in [2.24, 2.45) is 0 Å². The van der Waals surface area contributed by atoms with Crippen LogP contribution in [0.1, 0.15) is 35.5 Å². The summed E-state index contributed by atoms with van der Waals surface area (Å²) in [4.78, 5) is 9.17. The van der Waals surface area contributed by atoms with E-state index in [2.05, 4.69) is 15.1 Å². The van der Waals surface area contributed by atoms with Crippen LogP contribution in [0.5, 0.6) is 0 Å². The third-order valence-electron chi connectivity index (χ3n) is 3.43. The van der Waals surface area contributed by atoms with Crippen molar-refractivity contribution in [1.82, 2.24) is 19.7 Å². The van der Waals surface area contributed by atoms with E-state index in [0.717, 1.165) is 29.9 Å². The molecule has 5 nitrogen and oxygen atoms in total. The SMILES string of the molecule is Cc1cc(N)n(-c2nc(C)c3c(n2)CCCC3)n1. The van der Waals surface area contributed by atoms with E-state index in [1.165, 1.54) is 18.4 Å². The Hall–Kier alpha value is -1.91. The van der Waals surface area contributed by atoms with E-state index < -0.39 is 0 Å². The minimum atomic E-state index is 0.586. The predicted octanol–water partition coefficient (Wildman–Crippen LogP) is 1.74. The summed E-state index contributed by atoms with van der Waals surface area (Å²) in [7, 11) is 0. The van der Waals surface area contributed by atoms with Gasteiger partial charge in [0.05, 0.1) is 5.69 Å². The second-order valence-electron chi connectivity index (χ2n) is 4.86. The molecule has 0 aliphatic heterocycles. The van der Waals surface area contributed by atoms with Crippen LogP contribution in [0.2, 0.25) is 0 Å². The van der Waals surface area contributed by atoms with Crippen LogP contribution in [-0.2, 0) is 12.8 Å². The second-order valence-corrected chi connectivity index (χ2v) is 4.86. The summed E-state index contributed by atoms with van der Waals surface area (Å²) < 4.78 is 1.62. The summed E-state index contributed by atoms with van der Waals surface area (Å²) >= 11 is 0. The van der Waals surface area contributed by atoms with Gasteiger partial charge in [0.2, 0.25) is 0 Å². The van der Waals surface area contributed by atoms with Crippen LogP contribution in [0.25, 0.3) is 5.95 Å². The molecule has 0 aromatic carbocycles. The Morgan fingerprint density at radius 3 is 2.67 bits per heavy atom. The number of hydrogen-bond donors (Lipinski definition) is 1. The van der Waals surface area contributed by atoms with E-state index in [9.17, 15) is 0 Å². The van der Waals surface area contributed by atoms with Gasteiger partial charge in [0.1, 0.15) is 5.82 Å². The normalized spacial score (nSPS) is 14.6. The van der Waals surface area contributed by atoms with Crippen molar-refractivity contribution in [2.75, 3.05) is 5.73 Å². The first-order valence-corrected chi connectivity index (χ1v) is 6.34. The van der Waals surface area contributed by atoms with Crippen LogP contribution in [-0.4, -0.2) is 19.7 Å². The van der Waals surface area contributed by atoms with Crippen LogP contribution in [0, 0.1) is 13.8 Å². The molecular formula is C13H17N5. The maximum absolute atomic E-state index is 5.92. The minimum absolute atomic E-state index is 0.586. The summed E-state index contributed by atoms with van der Waals surface area (Å²) in [6, 6.07) is 1.83. The number of aryl methyl sites for hydroxylation is 3. The molecule has 18 heavy (non-hydrogen) atoms. The van der Waals surface area contributed by atoms with Crippen molar-refractivity contribution in [1.29, 1.82) is 0 Å². The van der Waals surface area contributed by atoms with Gasteiger partial charge in [-0.05, 0) is 45.1 Å². The highest BCUT2D eigenvalue weighted by molar-refractivity contribution is 5.38. The molecule has 0 saturated carbocycles. The Morgan fingerprint density at radius 2 is 1.94 bits per heavy atom. The molecule has 2 heterocycles. The fraction of sp³-hybridized carbons (Fsp3) is 0.462. The molecule has 0 radical (unpaired) electrons. The standard InChI is InChI=1S/C13H17N5/c1-8-7-12(14)18(17-8)13-15-9(2)10-5-3-4-6-11(10)16-13/h7H,3-6,14H2,1-2H3. The largest absolute Gasteiger partial charge is 0.383 e. The highest BCUT2D eigenvalue weighted by atomic mass is 15.4. The average molecular weight is 243 g/mol. The number of hydrogen-bond acceptors (Lipinski definition) is 4. The van der Waals surface area contributed by atoms with Gasteiger partial charge < -0.3 is 5.73 Å². The highest BCUT2D eigenvalue weighted by Crippen LogP contribution is 2.23. The van der Waals surface area contributed by atoms with E-state index in [4.69, 9.17) is 5.73 Å². The Bertz CT molecular complexity index is 600. The number of fused-ring (bicyclic) bond motifs is 1. The van der Waals surface area contributed by atoms with Gasteiger partial charge in [-0.3, -0.25) is 0 Å². The molecule has 0 unspecified atom stereocenters. The average Bonchev–Trinajstić information content (AvgIpc) is 2.68. The van der Waals surface area contributed by atoms with Crippen molar-refractivity contribution < 1.29 is 0 Å². The first kappa shape index (κ1) is 11.2. The predicted molar refractivity (Wildman–Crippen MR) is 69.7 cm³/mol. The van der Waals surface area contributed by atoms with Gasteiger partial charge in [-0.25, -0.2) is 9.97 Å². The molecule has 0 fully saturated rings. The van der Waals surface area contributed by atoms with E-state index in [-0.39, 0.29) is 0 Å². The molecule has 2 N–H and O–H groups in total. The lowest BCUT2D eigenvalue weighted by atomic mass is 9.95. The molecule has 1 aliphatic carbocycles. The molecule has 5 heteroatoms. The number of nitrogens with two attached hydrogens (primary N) is 1. The van der Waals surface area contributed by atoms with Gasteiger partial charge in [0, 0.05) is 17.5 Å². The van der Waals surface area contributed by atoms with Crippen molar-refractivity contribution >= 4 is 5.82 Å². The van der Waals surface area contributed by atoms with Gasteiger partial charge >= 0.3 is 0 Å². The molecule has 0 saturated heterocycles. The Balaban J connectivity index is 2.13. The summed E-state index contributed by atoms with van der Waals surface area (Å²) in [5, 5.41) is 4.34. The first-order valence-electron chi connectivity index (χ1n) is 6.34. The monoisotopic (exact) mass is 243 g/mol. The van der Waals surface area contributed by atoms with Crippen LogP contribution < -0.4 is 5.73 Å². The van der Waals surface area contributed by atoms with E-state index in [1.807, 2.05) is 19.9 Å². The number of anilines is 1. The smallest absolute Gasteiger partial charge is 0.252 e. The number of rotatable bonds is 1. The fourth-order valence-electron chi connectivity index (χ4n) is 2.54. The highest BCUT2D eigenvalue weighted by Gasteiger charge is 2.17. The van der Waals surface area contributed by atoms with Crippen molar-refractivity contribution in [2.45, 2.75) is 39.5 Å². The van der Waals surface area contributed by atoms with Crippen molar-refractivity contribution in [3.8, 4) is 5.95 Å². The van der Waals surface area contributed by atoms with E-state index >= 15 is 0 Å². The lowest BCUT2D eigenvalue weighted by molar-refractivity contribution is 0.646. The molecule has 0 amide bonds. The van der Waals surface area contributed by atoms with Crippen molar-refractivity contribution in [3.63, 3.8) is 0 Å². The number of nitrogens with zero attached hydrogens (tertiary/aromatic N) is 4. The van der Waals surface area contributed by atoms with Gasteiger partial charge in [0.25, 0.3) is 5.95 Å².